The minimum Gasteiger partial charge on any atom is -0.454 e. The minimum atomic E-state index is -3.73. The molecule has 0 aromatic heterocycles. The number of fused-ring (bicyclic) bond motifs is 1. The van der Waals surface area contributed by atoms with Crippen LogP contribution in [0.25, 0.3) is 11.1 Å². The quantitative estimate of drug-likeness (QED) is 0.616. The predicted molar refractivity (Wildman–Crippen MR) is 120 cm³/mol. The molecule has 3 aromatic carbocycles. The maximum atomic E-state index is 13.1. The summed E-state index contributed by atoms with van der Waals surface area (Å²) in [5, 5.41) is 8.22. The lowest BCUT2D eigenvalue weighted by Crippen LogP contribution is -2.27. The van der Waals surface area contributed by atoms with Crippen LogP contribution >= 0.6 is 0 Å². The molecule has 0 saturated heterocycles. The zero-order chi connectivity index (χ0) is 22.5. The third-order valence-corrected chi connectivity index (χ3v) is 7.02. The highest BCUT2D eigenvalue weighted by molar-refractivity contribution is 7.89. The second-order valence-electron chi connectivity index (χ2n) is 8.20. The van der Waals surface area contributed by atoms with E-state index < -0.39 is 15.4 Å². The molecule has 2 aliphatic rings. The summed E-state index contributed by atoms with van der Waals surface area (Å²) in [6.07, 6.45) is 1.57. The van der Waals surface area contributed by atoms with E-state index >= 15 is 0 Å². The van der Waals surface area contributed by atoms with Crippen molar-refractivity contribution in [3.63, 3.8) is 0 Å². The van der Waals surface area contributed by atoms with Gasteiger partial charge >= 0.3 is 0 Å². The van der Waals surface area contributed by atoms with Crippen LogP contribution in [0.1, 0.15) is 24.0 Å². The Labute approximate surface area is 186 Å². The molecule has 1 heterocycles. The Morgan fingerprint density at radius 3 is 2.34 bits per heavy atom. The molecule has 8 heteroatoms. The highest BCUT2D eigenvalue weighted by atomic mass is 32.2. The number of benzene rings is 3. The second kappa shape index (κ2) is 7.36. The smallest absolute Gasteiger partial charge is 0.238 e. The number of primary sulfonamides is 1. The summed E-state index contributed by atoms with van der Waals surface area (Å²) >= 11 is 0. The van der Waals surface area contributed by atoms with Crippen LogP contribution in [0, 0.1) is 6.92 Å². The number of aryl methyl sites for hydroxylation is 1. The van der Waals surface area contributed by atoms with Crippen LogP contribution in [0.4, 0.5) is 5.69 Å². The van der Waals surface area contributed by atoms with Gasteiger partial charge in [-0.05, 0) is 78.4 Å². The summed E-state index contributed by atoms with van der Waals surface area (Å²) in [6, 6.07) is 17.8. The Balaban J connectivity index is 1.35. The molecule has 7 nitrogen and oxygen atoms in total. The summed E-state index contributed by atoms with van der Waals surface area (Å²) < 4.78 is 33.8. The Bertz CT molecular complexity index is 1330. The van der Waals surface area contributed by atoms with Gasteiger partial charge in [-0.2, -0.15) is 0 Å². The van der Waals surface area contributed by atoms with Gasteiger partial charge in [0.2, 0.25) is 22.7 Å². The lowest BCUT2D eigenvalue weighted by molar-refractivity contribution is -0.118. The SMILES string of the molecule is Cc1cc(NC(=O)C2(c3ccc4c(c3)OCO4)CC2)ccc1-c1ccc(S(N)(=O)=O)cc1. The highest BCUT2D eigenvalue weighted by Gasteiger charge is 2.51. The van der Waals surface area contributed by atoms with Crippen molar-refractivity contribution >= 4 is 21.6 Å². The Morgan fingerprint density at radius 1 is 0.969 bits per heavy atom. The lowest BCUT2D eigenvalue weighted by Gasteiger charge is -2.17. The standard InChI is InChI=1S/C24H22N2O5S/c1-15-12-18(5-8-20(15)16-2-6-19(7-3-16)32(25,28)29)26-23(27)24(10-11-24)17-4-9-21-22(13-17)31-14-30-21/h2-9,12-13H,10-11,14H2,1H3,(H,26,27)(H2,25,28,29). The molecule has 164 valence electrons. The summed E-state index contributed by atoms with van der Waals surface area (Å²) in [5.41, 5.74) is 3.87. The molecular formula is C24H22N2O5S. The third kappa shape index (κ3) is 3.61. The average molecular weight is 451 g/mol. The first-order valence-corrected chi connectivity index (χ1v) is 11.8. The van der Waals surface area contributed by atoms with E-state index in [-0.39, 0.29) is 17.6 Å². The van der Waals surface area contributed by atoms with E-state index in [1.165, 1.54) is 12.1 Å². The van der Waals surface area contributed by atoms with Crippen LogP contribution < -0.4 is 19.9 Å². The van der Waals surface area contributed by atoms with E-state index in [4.69, 9.17) is 14.6 Å². The number of sulfonamides is 1. The number of hydrogen-bond donors (Lipinski definition) is 2. The molecule has 1 aliphatic heterocycles. The highest BCUT2D eigenvalue weighted by Crippen LogP contribution is 2.51. The van der Waals surface area contributed by atoms with Crippen LogP contribution in [0.15, 0.2) is 65.6 Å². The molecule has 5 rings (SSSR count). The van der Waals surface area contributed by atoms with Crippen LogP contribution in [0.5, 0.6) is 11.5 Å². The third-order valence-electron chi connectivity index (χ3n) is 6.09. The van der Waals surface area contributed by atoms with Crippen molar-refractivity contribution in [2.45, 2.75) is 30.1 Å². The Morgan fingerprint density at radius 2 is 1.69 bits per heavy atom. The van der Waals surface area contributed by atoms with Crippen molar-refractivity contribution in [2.75, 3.05) is 12.1 Å². The topological polar surface area (TPSA) is 108 Å². The zero-order valence-electron chi connectivity index (χ0n) is 17.4. The maximum Gasteiger partial charge on any atom is 0.238 e. The number of ether oxygens (including phenoxy) is 2. The van der Waals surface area contributed by atoms with E-state index in [2.05, 4.69) is 5.32 Å². The molecule has 3 aromatic rings. The molecule has 1 aliphatic carbocycles. The summed E-state index contributed by atoms with van der Waals surface area (Å²) in [4.78, 5) is 13.2. The Hall–Kier alpha value is -3.36. The first-order chi connectivity index (χ1) is 15.3. The fourth-order valence-corrected chi connectivity index (χ4v) is 4.62. The normalized spacial score (nSPS) is 15.9. The van der Waals surface area contributed by atoms with Gasteiger partial charge in [0.1, 0.15) is 0 Å². The van der Waals surface area contributed by atoms with Gasteiger partial charge < -0.3 is 14.8 Å². The molecule has 1 amide bonds. The zero-order valence-corrected chi connectivity index (χ0v) is 18.2. The number of anilines is 1. The van der Waals surface area contributed by atoms with Crippen molar-refractivity contribution in [2.24, 2.45) is 5.14 Å². The molecular weight excluding hydrogens is 428 g/mol. The fourth-order valence-electron chi connectivity index (χ4n) is 4.11. The van der Waals surface area contributed by atoms with Crippen LogP contribution in [0.3, 0.4) is 0 Å². The van der Waals surface area contributed by atoms with E-state index in [0.717, 1.165) is 35.1 Å². The summed E-state index contributed by atoms with van der Waals surface area (Å²) in [7, 11) is -3.73. The van der Waals surface area contributed by atoms with Crippen molar-refractivity contribution in [3.05, 3.63) is 71.8 Å². The van der Waals surface area contributed by atoms with Crippen molar-refractivity contribution < 1.29 is 22.7 Å². The number of amides is 1. The first-order valence-electron chi connectivity index (χ1n) is 10.2. The summed E-state index contributed by atoms with van der Waals surface area (Å²) in [5.74, 6) is 1.34. The molecule has 32 heavy (non-hydrogen) atoms. The van der Waals surface area contributed by atoms with Gasteiger partial charge in [-0.3, -0.25) is 4.79 Å². The molecule has 1 saturated carbocycles. The van der Waals surface area contributed by atoms with Crippen LogP contribution in [-0.2, 0) is 20.2 Å². The first kappa shape index (κ1) is 20.5. The number of nitrogens with one attached hydrogen (secondary N) is 1. The molecule has 0 unspecified atom stereocenters. The number of nitrogens with two attached hydrogens (primary N) is 1. The predicted octanol–water partition coefficient (Wildman–Crippen LogP) is 3.71. The Kier molecular flexibility index (Phi) is 4.72. The fraction of sp³-hybridized carbons (Fsp3) is 0.208. The molecule has 0 atom stereocenters. The van der Waals surface area contributed by atoms with Crippen LogP contribution in [0.2, 0.25) is 0 Å². The van der Waals surface area contributed by atoms with Gasteiger partial charge in [0.05, 0.1) is 10.3 Å². The van der Waals surface area contributed by atoms with Gasteiger partial charge in [0, 0.05) is 5.69 Å². The van der Waals surface area contributed by atoms with E-state index in [9.17, 15) is 13.2 Å². The van der Waals surface area contributed by atoms with Crippen molar-refractivity contribution in [1.29, 1.82) is 0 Å². The van der Waals surface area contributed by atoms with Crippen molar-refractivity contribution in [1.82, 2.24) is 0 Å². The molecule has 3 N–H and O–H groups in total. The van der Waals surface area contributed by atoms with E-state index in [1.54, 1.807) is 12.1 Å². The number of hydrogen-bond acceptors (Lipinski definition) is 5. The van der Waals surface area contributed by atoms with Crippen LogP contribution in [-0.4, -0.2) is 21.1 Å². The maximum absolute atomic E-state index is 13.1. The molecule has 0 radical (unpaired) electrons. The van der Waals surface area contributed by atoms with E-state index in [0.29, 0.717) is 17.2 Å². The van der Waals surface area contributed by atoms with Crippen molar-refractivity contribution in [3.8, 4) is 22.6 Å². The molecule has 1 fully saturated rings. The van der Waals surface area contributed by atoms with E-state index in [1.807, 2.05) is 43.3 Å². The molecule has 0 bridgehead atoms. The summed E-state index contributed by atoms with van der Waals surface area (Å²) in [6.45, 7) is 2.15. The van der Waals surface area contributed by atoms with Gasteiger partial charge in [-0.1, -0.05) is 24.3 Å². The largest absolute Gasteiger partial charge is 0.454 e. The number of rotatable bonds is 5. The average Bonchev–Trinajstić information content (AvgIpc) is 3.44. The van der Waals surface area contributed by atoms with Gasteiger partial charge in [-0.25, -0.2) is 13.6 Å². The lowest BCUT2D eigenvalue weighted by atomic mass is 9.94. The minimum absolute atomic E-state index is 0.0407. The van der Waals surface area contributed by atoms with Gasteiger partial charge in [0.15, 0.2) is 11.5 Å². The number of carbonyl (C=O) groups excluding carboxylic acids is 1. The number of carbonyl (C=O) groups is 1. The van der Waals surface area contributed by atoms with Gasteiger partial charge in [-0.15, -0.1) is 0 Å². The monoisotopic (exact) mass is 450 g/mol. The van der Waals surface area contributed by atoms with Gasteiger partial charge in [0.25, 0.3) is 0 Å². The second-order valence-corrected chi connectivity index (χ2v) is 9.76. The molecule has 0 spiro atoms.